The van der Waals surface area contributed by atoms with E-state index in [9.17, 15) is 9.59 Å². The number of hydrogen-bond acceptors (Lipinski definition) is 4. The highest BCUT2D eigenvalue weighted by atomic mass is 16.5. The number of esters is 1. The molecule has 0 amide bonds. The van der Waals surface area contributed by atoms with Crippen LogP contribution >= 0.6 is 0 Å². The van der Waals surface area contributed by atoms with E-state index in [4.69, 9.17) is 4.74 Å². The van der Waals surface area contributed by atoms with Crippen molar-refractivity contribution in [3.8, 4) is 0 Å². The number of rotatable bonds is 30. The second-order valence-electron chi connectivity index (χ2n) is 30.9. The second-order valence-corrected chi connectivity index (χ2v) is 30.9. The molecular formula is C73H123NO3. The van der Waals surface area contributed by atoms with Gasteiger partial charge in [-0.05, 0) is 234 Å². The van der Waals surface area contributed by atoms with E-state index in [1.807, 2.05) is 5.57 Å². The fraction of sp³-hybridized carbons (Fsp3) is 0.890. The van der Waals surface area contributed by atoms with E-state index in [-0.39, 0.29) is 12.1 Å². The summed E-state index contributed by atoms with van der Waals surface area (Å²) in [5.74, 6) is 10.4. The minimum atomic E-state index is 0.0442. The summed E-state index contributed by atoms with van der Waals surface area (Å²) in [4.78, 5) is 29.3. The lowest BCUT2D eigenvalue weighted by Crippen LogP contribution is -2.51. The molecule has 0 aromatic carbocycles. The van der Waals surface area contributed by atoms with Crippen LogP contribution in [0.5, 0.6) is 0 Å². The first kappa shape index (κ1) is 61.4. The SMILES string of the molecule is CCCCN(CCCCCCC(=O)CC1CCC2(C)C(=CC=C3C2CCC2(C)C3CCC2C(C)CCCC(C)C)C1)CCCCCCC(=O)OC1CCC2(C)C(=CCC3C2CCC2(C)C(C(C)CCCC(C)C)CCC32)C1. The highest BCUT2D eigenvalue weighted by Crippen LogP contribution is 2.69. The highest BCUT2D eigenvalue weighted by Gasteiger charge is 2.60. The summed E-state index contributed by atoms with van der Waals surface area (Å²) in [5, 5.41) is 0. The fourth-order valence-corrected chi connectivity index (χ4v) is 20.4. The third-order valence-corrected chi connectivity index (χ3v) is 25.1. The Kier molecular flexibility index (Phi) is 22.0. The lowest BCUT2D eigenvalue weighted by Gasteiger charge is -2.58. The third kappa shape index (κ3) is 14.4. The van der Waals surface area contributed by atoms with E-state index in [1.54, 1.807) is 11.1 Å². The van der Waals surface area contributed by atoms with Crippen molar-refractivity contribution >= 4 is 11.8 Å². The quantitative estimate of drug-likeness (QED) is 0.0409. The summed E-state index contributed by atoms with van der Waals surface area (Å²) in [6.07, 6.45) is 49.7. The van der Waals surface area contributed by atoms with Crippen molar-refractivity contribution in [1.29, 1.82) is 0 Å². The molecule has 0 bridgehead atoms. The summed E-state index contributed by atoms with van der Waals surface area (Å²) in [5.41, 5.74) is 6.78. The maximum Gasteiger partial charge on any atom is 0.306 e. The summed E-state index contributed by atoms with van der Waals surface area (Å²) in [6, 6.07) is 0. The number of carbonyl (C=O) groups excluding carboxylic acids is 2. The van der Waals surface area contributed by atoms with Crippen molar-refractivity contribution in [2.75, 3.05) is 19.6 Å². The first-order valence-electron chi connectivity index (χ1n) is 34.4. The summed E-state index contributed by atoms with van der Waals surface area (Å²) in [6.45, 7) is 31.2. The van der Waals surface area contributed by atoms with E-state index in [0.717, 1.165) is 116 Å². The van der Waals surface area contributed by atoms with Crippen LogP contribution in [0.4, 0.5) is 0 Å². The molecule has 0 aliphatic heterocycles. The van der Waals surface area contributed by atoms with Crippen molar-refractivity contribution in [3.63, 3.8) is 0 Å². The maximum absolute atomic E-state index is 13.4. The van der Waals surface area contributed by atoms with Crippen LogP contribution in [0.1, 0.15) is 294 Å². The van der Waals surface area contributed by atoms with Gasteiger partial charge in [-0.15, -0.1) is 0 Å². The van der Waals surface area contributed by atoms with Gasteiger partial charge in [0.1, 0.15) is 11.9 Å². The zero-order chi connectivity index (χ0) is 55.0. The number of ether oxygens (including phenoxy) is 1. The molecule has 0 spiro atoms. The second kappa shape index (κ2) is 27.6. The molecule has 15 unspecified atom stereocenters. The predicted octanol–water partition coefficient (Wildman–Crippen LogP) is 20.5. The van der Waals surface area contributed by atoms with Gasteiger partial charge in [0.15, 0.2) is 0 Å². The number of carbonyl (C=O) groups is 2. The predicted molar refractivity (Wildman–Crippen MR) is 327 cm³/mol. The number of ketones is 1. The Labute approximate surface area is 476 Å². The van der Waals surface area contributed by atoms with Gasteiger partial charge < -0.3 is 9.64 Å². The summed E-state index contributed by atoms with van der Waals surface area (Å²) < 4.78 is 6.26. The lowest BCUT2D eigenvalue weighted by molar-refractivity contribution is -0.151. The Morgan fingerprint density at radius 3 is 1.88 bits per heavy atom. The smallest absolute Gasteiger partial charge is 0.306 e. The molecule has 4 nitrogen and oxygen atoms in total. The molecule has 0 aromatic rings. The van der Waals surface area contributed by atoms with E-state index in [1.165, 1.54) is 180 Å². The van der Waals surface area contributed by atoms with Crippen molar-refractivity contribution < 1.29 is 14.3 Å². The van der Waals surface area contributed by atoms with E-state index >= 15 is 0 Å². The standard InChI is InChI=1S/C73H123NO3/c1-12-13-46-74(47-20-16-14-18-28-59(75)50-56-38-42-70(8)57(49-56)30-32-61-65-36-34-63(54(6)26-22-24-52(2)3)72(65,10)44-40-67(61)70)48-21-17-15-19-29-69(76)77-60-39-43-71(9)58(51-60)31-33-62-66-37-35-64(55(7)27-23-25-53(4)5)73(66,11)45-41-68(62)71/h30-32,52-56,60,62-68H,12-29,33-51H2,1-11H3. The number of Topliss-reactive ketones (excluding diaryl/α,β-unsaturated/α-hetero) is 1. The van der Waals surface area contributed by atoms with Crippen LogP contribution in [0.15, 0.2) is 34.9 Å². The maximum atomic E-state index is 13.4. The van der Waals surface area contributed by atoms with Crippen molar-refractivity contribution in [2.45, 2.75) is 301 Å². The topological polar surface area (TPSA) is 46.6 Å². The van der Waals surface area contributed by atoms with Crippen LogP contribution in [0.2, 0.25) is 0 Å². The van der Waals surface area contributed by atoms with Crippen molar-refractivity contribution in [3.05, 3.63) is 34.9 Å². The zero-order valence-electron chi connectivity index (χ0n) is 52.6. The largest absolute Gasteiger partial charge is 0.462 e. The fourth-order valence-electron chi connectivity index (χ4n) is 20.4. The molecule has 0 radical (unpaired) electrons. The Balaban J connectivity index is 0.675. The molecule has 0 N–H and O–H groups in total. The van der Waals surface area contributed by atoms with Gasteiger partial charge in [0.05, 0.1) is 0 Å². The zero-order valence-corrected chi connectivity index (χ0v) is 52.6. The van der Waals surface area contributed by atoms with Crippen LogP contribution in [0.3, 0.4) is 0 Å². The molecule has 438 valence electrons. The Hall–Kier alpha value is -1.68. The molecule has 8 aliphatic rings. The van der Waals surface area contributed by atoms with Gasteiger partial charge in [0.25, 0.3) is 0 Å². The third-order valence-electron chi connectivity index (χ3n) is 25.1. The molecule has 6 fully saturated rings. The molecule has 0 aromatic heterocycles. The summed E-state index contributed by atoms with van der Waals surface area (Å²) in [7, 11) is 0. The van der Waals surface area contributed by atoms with E-state index in [0.29, 0.717) is 39.8 Å². The first-order chi connectivity index (χ1) is 36.9. The van der Waals surface area contributed by atoms with Gasteiger partial charge in [0.2, 0.25) is 0 Å². The molecule has 15 atom stereocenters. The molecule has 77 heavy (non-hydrogen) atoms. The van der Waals surface area contributed by atoms with Crippen LogP contribution in [-0.2, 0) is 14.3 Å². The summed E-state index contributed by atoms with van der Waals surface area (Å²) >= 11 is 0. The molecule has 0 saturated heterocycles. The molecule has 8 aliphatic carbocycles. The number of nitrogens with zero attached hydrogens (tertiary/aromatic N) is 1. The lowest BCUT2D eigenvalue weighted by atomic mass is 9.47. The monoisotopic (exact) mass is 1060 g/mol. The van der Waals surface area contributed by atoms with Crippen LogP contribution in [-0.4, -0.2) is 42.4 Å². The Morgan fingerprint density at radius 2 is 1.19 bits per heavy atom. The average molecular weight is 1060 g/mol. The van der Waals surface area contributed by atoms with Crippen molar-refractivity contribution in [2.24, 2.45) is 92.7 Å². The van der Waals surface area contributed by atoms with Crippen LogP contribution in [0.25, 0.3) is 0 Å². The minimum absolute atomic E-state index is 0.0442. The van der Waals surface area contributed by atoms with Gasteiger partial charge in [0, 0.05) is 25.7 Å². The van der Waals surface area contributed by atoms with Gasteiger partial charge in [-0.1, -0.05) is 182 Å². The van der Waals surface area contributed by atoms with Crippen LogP contribution < -0.4 is 0 Å². The van der Waals surface area contributed by atoms with Crippen molar-refractivity contribution in [1.82, 2.24) is 4.90 Å². The molecule has 6 saturated carbocycles. The van der Waals surface area contributed by atoms with Crippen LogP contribution in [0, 0.1) is 92.7 Å². The van der Waals surface area contributed by atoms with E-state index in [2.05, 4.69) is 99.3 Å². The molecule has 0 heterocycles. The van der Waals surface area contributed by atoms with E-state index < -0.39 is 0 Å². The molecule has 8 rings (SSSR count). The molecule has 4 heteroatoms. The number of unbranched alkanes of at least 4 members (excludes halogenated alkanes) is 7. The number of fused-ring (bicyclic) bond motifs is 10. The number of allylic oxidation sites excluding steroid dienone is 5. The Bertz CT molecular complexity index is 1990. The Morgan fingerprint density at radius 1 is 0.571 bits per heavy atom. The van der Waals surface area contributed by atoms with Gasteiger partial charge in [-0.2, -0.15) is 0 Å². The average Bonchev–Trinajstić information content (AvgIpc) is 4.07. The number of hydrogen-bond donors (Lipinski definition) is 0. The molecular weight excluding hydrogens is 939 g/mol. The normalized spacial score (nSPS) is 36.2. The minimum Gasteiger partial charge on any atom is -0.462 e. The van der Waals surface area contributed by atoms with Gasteiger partial charge in [-0.25, -0.2) is 0 Å². The first-order valence-corrected chi connectivity index (χ1v) is 34.4. The van der Waals surface area contributed by atoms with Gasteiger partial charge in [-0.3, -0.25) is 9.59 Å². The van der Waals surface area contributed by atoms with Gasteiger partial charge >= 0.3 is 5.97 Å². The highest BCUT2D eigenvalue weighted by molar-refractivity contribution is 5.78.